The standard InChI is InChI=1S/C20H24N4O2/c1-20(2,3)24-17(21)11-16(22-24)12-8-9-13(10-12)23-18(25)14-6-4-5-7-15(14)19(23)26/h4-7,11-13H,8-10,21H2,1-3H3/t12-,13+/m1/s1. The van der Waals surface area contributed by atoms with Crippen LogP contribution in [0.25, 0.3) is 0 Å². The molecule has 2 aromatic rings. The van der Waals surface area contributed by atoms with Crippen LogP contribution in [0.2, 0.25) is 0 Å². The first kappa shape index (κ1) is 16.8. The molecule has 0 unspecified atom stereocenters. The highest BCUT2D eigenvalue weighted by Crippen LogP contribution is 2.40. The number of imide groups is 1. The normalized spacial score (nSPS) is 23.0. The Labute approximate surface area is 153 Å². The van der Waals surface area contributed by atoms with Gasteiger partial charge in [0, 0.05) is 18.0 Å². The molecule has 0 bridgehead atoms. The van der Waals surface area contributed by atoms with E-state index >= 15 is 0 Å². The molecule has 26 heavy (non-hydrogen) atoms. The SMILES string of the molecule is CC(C)(C)n1nc([C@@H]2CC[C@H](N3C(=O)c4ccccc4C3=O)C2)cc1N. The highest BCUT2D eigenvalue weighted by molar-refractivity contribution is 6.21. The number of carbonyl (C=O) groups is 2. The summed E-state index contributed by atoms with van der Waals surface area (Å²) in [4.78, 5) is 26.8. The molecule has 1 saturated carbocycles. The molecule has 2 aliphatic rings. The quantitative estimate of drug-likeness (QED) is 0.842. The molecule has 2 amide bonds. The molecule has 0 radical (unpaired) electrons. The number of rotatable bonds is 2. The summed E-state index contributed by atoms with van der Waals surface area (Å²) in [5.41, 5.74) is 7.94. The van der Waals surface area contributed by atoms with Gasteiger partial charge >= 0.3 is 0 Å². The molecule has 1 fully saturated rings. The summed E-state index contributed by atoms with van der Waals surface area (Å²) in [6.07, 6.45) is 2.45. The maximum Gasteiger partial charge on any atom is 0.261 e. The topological polar surface area (TPSA) is 81.2 Å². The van der Waals surface area contributed by atoms with E-state index in [4.69, 9.17) is 10.8 Å². The summed E-state index contributed by atoms with van der Waals surface area (Å²) in [5.74, 6) is 0.527. The van der Waals surface area contributed by atoms with Gasteiger partial charge in [-0.15, -0.1) is 0 Å². The molecule has 1 aromatic heterocycles. The van der Waals surface area contributed by atoms with E-state index in [0.29, 0.717) is 16.9 Å². The lowest BCUT2D eigenvalue weighted by Gasteiger charge is -2.22. The fourth-order valence-electron chi connectivity index (χ4n) is 4.15. The number of hydrogen-bond donors (Lipinski definition) is 1. The van der Waals surface area contributed by atoms with Crippen molar-refractivity contribution >= 4 is 17.6 Å². The number of nitrogens with two attached hydrogens (primary N) is 1. The molecular formula is C20H24N4O2. The van der Waals surface area contributed by atoms with Crippen molar-refractivity contribution in [3.05, 3.63) is 47.2 Å². The van der Waals surface area contributed by atoms with Crippen LogP contribution in [0.3, 0.4) is 0 Å². The number of carbonyl (C=O) groups excluding carboxylic acids is 2. The van der Waals surface area contributed by atoms with Crippen LogP contribution in [-0.4, -0.2) is 32.5 Å². The van der Waals surface area contributed by atoms with Crippen LogP contribution in [0.4, 0.5) is 5.82 Å². The summed E-state index contributed by atoms with van der Waals surface area (Å²) in [5, 5.41) is 4.70. The van der Waals surface area contributed by atoms with Crippen molar-refractivity contribution in [1.82, 2.24) is 14.7 Å². The van der Waals surface area contributed by atoms with Gasteiger partial charge in [-0.1, -0.05) is 12.1 Å². The van der Waals surface area contributed by atoms with Gasteiger partial charge in [0.2, 0.25) is 0 Å². The smallest absolute Gasteiger partial charge is 0.261 e. The fourth-order valence-corrected chi connectivity index (χ4v) is 4.15. The van der Waals surface area contributed by atoms with E-state index in [2.05, 4.69) is 20.8 Å². The van der Waals surface area contributed by atoms with E-state index in [-0.39, 0.29) is 29.3 Å². The minimum absolute atomic E-state index is 0.0755. The monoisotopic (exact) mass is 352 g/mol. The summed E-state index contributed by atoms with van der Waals surface area (Å²) in [6, 6.07) is 8.91. The second-order valence-corrected chi connectivity index (χ2v) is 8.27. The molecule has 2 atom stereocenters. The van der Waals surface area contributed by atoms with Gasteiger partial charge in [0.15, 0.2) is 0 Å². The number of nitrogen functional groups attached to an aromatic ring is 1. The number of fused-ring (bicyclic) bond motifs is 1. The molecule has 1 aliphatic carbocycles. The molecule has 1 aromatic carbocycles. The van der Waals surface area contributed by atoms with Gasteiger partial charge in [-0.05, 0) is 52.2 Å². The van der Waals surface area contributed by atoms with Gasteiger partial charge in [0.25, 0.3) is 11.8 Å². The van der Waals surface area contributed by atoms with Crippen LogP contribution >= 0.6 is 0 Å². The largest absolute Gasteiger partial charge is 0.384 e. The molecule has 4 rings (SSSR count). The molecule has 6 nitrogen and oxygen atoms in total. The molecule has 0 spiro atoms. The Balaban J connectivity index is 1.55. The molecule has 1 aliphatic heterocycles. The van der Waals surface area contributed by atoms with Crippen molar-refractivity contribution in [2.24, 2.45) is 0 Å². The van der Waals surface area contributed by atoms with Crippen molar-refractivity contribution in [1.29, 1.82) is 0 Å². The van der Waals surface area contributed by atoms with Crippen molar-refractivity contribution in [3.8, 4) is 0 Å². The van der Waals surface area contributed by atoms with E-state index < -0.39 is 0 Å². The number of amides is 2. The summed E-state index contributed by atoms with van der Waals surface area (Å²) >= 11 is 0. The number of aromatic nitrogens is 2. The highest BCUT2D eigenvalue weighted by Gasteiger charge is 2.43. The Morgan fingerprint density at radius 2 is 1.69 bits per heavy atom. The predicted octanol–water partition coefficient (Wildman–Crippen LogP) is 3.15. The van der Waals surface area contributed by atoms with E-state index in [1.165, 1.54) is 4.90 Å². The Morgan fingerprint density at radius 3 is 2.23 bits per heavy atom. The van der Waals surface area contributed by atoms with E-state index in [0.717, 1.165) is 25.0 Å². The van der Waals surface area contributed by atoms with Gasteiger partial charge in [0.1, 0.15) is 5.82 Å². The third kappa shape index (κ3) is 2.52. The summed E-state index contributed by atoms with van der Waals surface area (Å²) < 4.78 is 1.84. The van der Waals surface area contributed by atoms with Crippen LogP contribution in [0.1, 0.15) is 72.4 Å². The lowest BCUT2D eigenvalue weighted by atomic mass is 10.0. The molecule has 2 N–H and O–H groups in total. The Morgan fingerprint density at radius 1 is 1.08 bits per heavy atom. The van der Waals surface area contributed by atoms with Gasteiger partial charge in [-0.2, -0.15) is 5.10 Å². The molecule has 0 saturated heterocycles. The summed E-state index contributed by atoms with van der Waals surface area (Å²) in [7, 11) is 0. The second kappa shape index (κ2) is 5.69. The van der Waals surface area contributed by atoms with Gasteiger partial charge in [-0.3, -0.25) is 14.5 Å². The third-order valence-corrected chi connectivity index (χ3v) is 5.41. The first-order chi connectivity index (χ1) is 12.3. The predicted molar refractivity (Wildman–Crippen MR) is 99.0 cm³/mol. The van der Waals surface area contributed by atoms with Crippen LogP contribution in [0, 0.1) is 0 Å². The Bertz CT molecular complexity index is 858. The second-order valence-electron chi connectivity index (χ2n) is 8.27. The zero-order valence-corrected chi connectivity index (χ0v) is 15.4. The van der Waals surface area contributed by atoms with E-state index in [9.17, 15) is 9.59 Å². The van der Waals surface area contributed by atoms with Crippen molar-refractivity contribution < 1.29 is 9.59 Å². The van der Waals surface area contributed by atoms with Crippen LogP contribution in [-0.2, 0) is 5.54 Å². The lowest BCUT2D eigenvalue weighted by molar-refractivity contribution is 0.0586. The number of nitrogens with zero attached hydrogens (tertiary/aromatic N) is 3. The van der Waals surface area contributed by atoms with Gasteiger partial charge < -0.3 is 5.73 Å². The number of benzene rings is 1. The third-order valence-electron chi connectivity index (χ3n) is 5.41. The molecule has 136 valence electrons. The van der Waals surface area contributed by atoms with Crippen molar-refractivity contribution in [2.75, 3.05) is 5.73 Å². The van der Waals surface area contributed by atoms with Crippen LogP contribution < -0.4 is 5.73 Å². The lowest BCUT2D eigenvalue weighted by Crippen LogP contribution is -2.38. The van der Waals surface area contributed by atoms with Crippen molar-refractivity contribution in [3.63, 3.8) is 0 Å². The first-order valence-electron chi connectivity index (χ1n) is 9.10. The maximum atomic E-state index is 12.7. The molecular weight excluding hydrogens is 328 g/mol. The zero-order chi connectivity index (χ0) is 18.6. The maximum absolute atomic E-state index is 12.7. The Kier molecular flexibility index (Phi) is 3.68. The zero-order valence-electron chi connectivity index (χ0n) is 15.4. The average molecular weight is 352 g/mol. The Hall–Kier alpha value is -2.63. The first-order valence-corrected chi connectivity index (χ1v) is 9.10. The number of hydrogen-bond acceptors (Lipinski definition) is 4. The van der Waals surface area contributed by atoms with Gasteiger partial charge in [0.05, 0.1) is 22.4 Å². The highest BCUT2D eigenvalue weighted by atomic mass is 16.2. The van der Waals surface area contributed by atoms with Crippen LogP contribution in [0.5, 0.6) is 0 Å². The molecule has 2 heterocycles. The molecule has 6 heteroatoms. The van der Waals surface area contributed by atoms with Crippen molar-refractivity contribution in [2.45, 2.75) is 57.5 Å². The fraction of sp³-hybridized carbons (Fsp3) is 0.450. The van der Waals surface area contributed by atoms with Gasteiger partial charge in [-0.25, -0.2) is 4.68 Å². The minimum atomic E-state index is -0.178. The number of anilines is 1. The van der Waals surface area contributed by atoms with E-state index in [1.54, 1.807) is 24.3 Å². The van der Waals surface area contributed by atoms with E-state index in [1.807, 2.05) is 10.7 Å². The average Bonchev–Trinajstić information content (AvgIpc) is 3.26. The minimum Gasteiger partial charge on any atom is -0.384 e. The van der Waals surface area contributed by atoms with Crippen LogP contribution in [0.15, 0.2) is 30.3 Å². The summed E-state index contributed by atoms with van der Waals surface area (Å²) in [6.45, 7) is 6.20.